The molecule has 2 aromatic rings. The van der Waals surface area contributed by atoms with E-state index in [1.54, 1.807) is 0 Å². The summed E-state index contributed by atoms with van der Waals surface area (Å²) < 4.78 is 0. The Hall–Kier alpha value is -2.43. The van der Waals surface area contributed by atoms with Gasteiger partial charge in [-0.1, -0.05) is 43.2 Å². The van der Waals surface area contributed by atoms with Crippen LogP contribution in [0.1, 0.15) is 35.7 Å². The van der Waals surface area contributed by atoms with Gasteiger partial charge in [-0.2, -0.15) is 0 Å². The van der Waals surface area contributed by atoms with E-state index in [0.717, 1.165) is 18.4 Å². The molecule has 1 heterocycles. The van der Waals surface area contributed by atoms with Crippen LogP contribution in [0, 0.1) is 6.92 Å². The lowest BCUT2D eigenvalue weighted by Crippen LogP contribution is -2.25. The minimum atomic E-state index is -0.226. The summed E-state index contributed by atoms with van der Waals surface area (Å²) in [7, 11) is 0. The normalized spacial score (nSPS) is 10.4. The summed E-state index contributed by atoms with van der Waals surface area (Å²) >= 11 is 0. The number of benzene rings is 1. The molecule has 0 unspecified atom stereocenters. The van der Waals surface area contributed by atoms with Crippen LogP contribution >= 0.6 is 0 Å². The van der Waals surface area contributed by atoms with E-state index in [-0.39, 0.29) is 11.7 Å². The van der Waals surface area contributed by atoms with Gasteiger partial charge in [0.15, 0.2) is 5.82 Å². The number of aryl methyl sites for hydroxylation is 1. The number of carbonyl (C=O) groups excluding carboxylic acids is 1. The maximum absolute atomic E-state index is 12.0. The Morgan fingerprint density at radius 2 is 2.00 bits per heavy atom. The van der Waals surface area contributed by atoms with Crippen LogP contribution in [-0.4, -0.2) is 22.4 Å². The lowest BCUT2D eigenvalue weighted by molar-refractivity contribution is 0.0953. The summed E-state index contributed by atoms with van der Waals surface area (Å²) in [6.07, 6.45) is 3.45. The first kappa shape index (κ1) is 15.0. The highest BCUT2D eigenvalue weighted by atomic mass is 16.1. The van der Waals surface area contributed by atoms with E-state index in [9.17, 15) is 4.79 Å². The summed E-state index contributed by atoms with van der Waals surface area (Å²) in [5.41, 5.74) is 8.25. The standard InChI is InChI=1S/C16H20N4O/c1-3-4-9-18-16(21)13-10-19-15(20-14(13)17)12-7-5-11(2)6-8-12/h5-8,10H,3-4,9H2,1-2H3,(H,18,21)(H2,17,19,20). The van der Waals surface area contributed by atoms with Crippen molar-refractivity contribution in [3.8, 4) is 11.4 Å². The van der Waals surface area contributed by atoms with Gasteiger partial charge in [-0.3, -0.25) is 4.79 Å². The molecule has 0 aliphatic carbocycles. The van der Waals surface area contributed by atoms with Crippen molar-refractivity contribution < 1.29 is 4.79 Å². The van der Waals surface area contributed by atoms with Gasteiger partial charge in [-0.05, 0) is 13.3 Å². The number of unbranched alkanes of at least 4 members (excludes halogenated alkanes) is 1. The largest absolute Gasteiger partial charge is 0.383 e. The Kier molecular flexibility index (Phi) is 4.87. The lowest BCUT2D eigenvalue weighted by Gasteiger charge is -2.08. The minimum Gasteiger partial charge on any atom is -0.383 e. The average molecular weight is 284 g/mol. The Bertz CT molecular complexity index is 623. The van der Waals surface area contributed by atoms with Gasteiger partial charge in [0.2, 0.25) is 0 Å². The zero-order valence-electron chi connectivity index (χ0n) is 12.4. The van der Waals surface area contributed by atoms with E-state index < -0.39 is 0 Å². The summed E-state index contributed by atoms with van der Waals surface area (Å²) in [4.78, 5) is 20.4. The molecule has 0 saturated carbocycles. The number of nitrogens with two attached hydrogens (primary N) is 1. The van der Waals surface area contributed by atoms with E-state index in [4.69, 9.17) is 5.73 Å². The van der Waals surface area contributed by atoms with Gasteiger partial charge in [0.25, 0.3) is 5.91 Å². The second-order valence-electron chi connectivity index (χ2n) is 4.97. The molecule has 0 fully saturated rings. The summed E-state index contributed by atoms with van der Waals surface area (Å²) in [6.45, 7) is 4.72. The molecule has 0 aliphatic heterocycles. The van der Waals surface area contributed by atoms with Gasteiger partial charge in [0.05, 0.1) is 5.56 Å². The Labute approximate surface area is 124 Å². The number of hydrogen-bond donors (Lipinski definition) is 2. The fraction of sp³-hybridized carbons (Fsp3) is 0.312. The number of anilines is 1. The van der Waals surface area contributed by atoms with Gasteiger partial charge < -0.3 is 11.1 Å². The van der Waals surface area contributed by atoms with Crippen LogP contribution in [0.5, 0.6) is 0 Å². The van der Waals surface area contributed by atoms with E-state index >= 15 is 0 Å². The van der Waals surface area contributed by atoms with Crippen molar-refractivity contribution in [2.75, 3.05) is 12.3 Å². The molecule has 0 saturated heterocycles. The first-order chi connectivity index (χ1) is 10.1. The molecular formula is C16H20N4O. The lowest BCUT2D eigenvalue weighted by atomic mass is 10.1. The summed E-state index contributed by atoms with van der Waals surface area (Å²) in [5, 5.41) is 2.81. The van der Waals surface area contributed by atoms with Crippen LogP contribution in [0.2, 0.25) is 0 Å². The topological polar surface area (TPSA) is 80.9 Å². The monoisotopic (exact) mass is 284 g/mol. The zero-order chi connectivity index (χ0) is 15.2. The molecule has 1 aromatic heterocycles. The Morgan fingerprint density at radius 3 is 2.62 bits per heavy atom. The molecule has 5 nitrogen and oxygen atoms in total. The highest BCUT2D eigenvalue weighted by Crippen LogP contribution is 2.18. The molecule has 1 amide bonds. The second kappa shape index (κ2) is 6.83. The molecule has 110 valence electrons. The van der Waals surface area contributed by atoms with Crippen LogP contribution in [0.4, 0.5) is 5.82 Å². The number of rotatable bonds is 5. The van der Waals surface area contributed by atoms with Gasteiger partial charge in [0, 0.05) is 18.3 Å². The molecule has 0 atom stereocenters. The van der Waals surface area contributed by atoms with Crippen molar-refractivity contribution in [2.24, 2.45) is 0 Å². The van der Waals surface area contributed by atoms with Crippen molar-refractivity contribution in [3.63, 3.8) is 0 Å². The van der Waals surface area contributed by atoms with Crippen molar-refractivity contribution in [2.45, 2.75) is 26.7 Å². The predicted octanol–water partition coefficient (Wildman–Crippen LogP) is 2.56. The Morgan fingerprint density at radius 1 is 1.29 bits per heavy atom. The van der Waals surface area contributed by atoms with Gasteiger partial charge >= 0.3 is 0 Å². The molecule has 0 aliphatic rings. The molecule has 0 radical (unpaired) electrons. The van der Waals surface area contributed by atoms with Crippen molar-refractivity contribution in [3.05, 3.63) is 41.6 Å². The predicted molar refractivity (Wildman–Crippen MR) is 83.9 cm³/mol. The third-order valence-electron chi connectivity index (χ3n) is 3.19. The van der Waals surface area contributed by atoms with Gasteiger partial charge in [-0.25, -0.2) is 9.97 Å². The van der Waals surface area contributed by atoms with Gasteiger partial charge in [0.1, 0.15) is 5.82 Å². The molecule has 2 rings (SSSR count). The minimum absolute atomic E-state index is 0.203. The molecule has 5 heteroatoms. The zero-order valence-corrected chi connectivity index (χ0v) is 12.4. The van der Waals surface area contributed by atoms with Crippen molar-refractivity contribution in [1.82, 2.24) is 15.3 Å². The quantitative estimate of drug-likeness (QED) is 0.827. The average Bonchev–Trinajstić information content (AvgIpc) is 2.48. The van der Waals surface area contributed by atoms with Crippen LogP contribution < -0.4 is 11.1 Å². The van der Waals surface area contributed by atoms with E-state index in [1.807, 2.05) is 31.2 Å². The highest BCUT2D eigenvalue weighted by Gasteiger charge is 2.12. The fourth-order valence-corrected chi connectivity index (χ4v) is 1.89. The van der Waals surface area contributed by atoms with E-state index in [1.165, 1.54) is 11.8 Å². The fourth-order valence-electron chi connectivity index (χ4n) is 1.89. The maximum atomic E-state index is 12.0. The van der Waals surface area contributed by atoms with Crippen molar-refractivity contribution in [1.29, 1.82) is 0 Å². The summed E-state index contributed by atoms with van der Waals surface area (Å²) in [6, 6.07) is 7.84. The number of nitrogens with one attached hydrogen (secondary N) is 1. The number of amides is 1. The number of nitrogen functional groups attached to an aromatic ring is 1. The smallest absolute Gasteiger partial charge is 0.256 e. The maximum Gasteiger partial charge on any atom is 0.256 e. The molecular weight excluding hydrogens is 264 g/mol. The SMILES string of the molecule is CCCCNC(=O)c1cnc(-c2ccc(C)cc2)nc1N. The third kappa shape index (κ3) is 3.78. The number of nitrogens with zero attached hydrogens (tertiary/aromatic N) is 2. The Balaban J connectivity index is 2.17. The number of aromatic nitrogens is 2. The molecule has 1 aromatic carbocycles. The summed E-state index contributed by atoms with van der Waals surface area (Å²) in [5.74, 6) is 0.503. The number of hydrogen-bond acceptors (Lipinski definition) is 4. The molecule has 3 N–H and O–H groups in total. The van der Waals surface area contributed by atoms with Gasteiger partial charge in [-0.15, -0.1) is 0 Å². The molecule has 21 heavy (non-hydrogen) atoms. The first-order valence-corrected chi connectivity index (χ1v) is 7.09. The molecule has 0 spiro atoms. The van der Waals surface area contributed by atoms with E-state index in [0.29, 0.717) is 17.9 Å². The third-order valence-corrected chi connectivity index (χ3v) is 3.19. The van der Waals surface area contributed by atoms with Crippen LogP contribution in [-0.2, 0) is 0 Å². The molecule has 0 bridgehead atoms. The van der Waals surface area contributed by atoms with Crippen LogP contribution in [0.15, 0.2) is 30.5 Å². The first-order valence-electron chi connectivity index (χ1n) is 7.09. The van der Waals surface area contributed by atoms with Crippen LogP contribution in [0.3, 0.4) is 0 Å². The second-order valence-corrected chi connectivity index (χ2v) is 4.97. The van der Waals surface area contributed by atoms with Crippen molar-refractivity contribution >= 4 is 11.7 Å². The highest BCUT2D eigenvalue weighted by molar-refractivity contribution is 5.98. The number of carbonyl (C=O) groups is 1. The van der Waals surface area contributed by atoms with Crippen LogP contribution in [0.25, 0.3) is 11.4 Å². The van der Waals surface area contributed by atoms with E-state index in [2.05, 4.69) is 22.2 Å².